The second-order valence-corrected chi connectivity index (χ2v) is 49.4. The second-order valence-electron chi connectivity index (χ2n) is 47.7. The maximum atomic E-state index is 13.5. The van der Waals surface area contributed by atoms with Crippen LogP contribution in [0.3, 0.4) is 0 Å². The summed E-state index contributed by atoms with van der Waals surface area (Å²) in [5, 5.41) is 22.0. The van der Waals surface area contributed by atoms with Gasteiger partial charge in [0, 0.05) is 43.0 Å². The van der Waals surface area contributed by atoms with E-state index in [1.807, 2.05) is 0 Å². The maximum absolute atomic E-state index is 13.5. The number of halogens is 3. The van der Waals surface area contributed by atoms with E-state index in [4.69, 9.17) is 5.73 Å². The molecule has 0 aromatic heterocycles. The molecule has 0 radical (unpaired) electrons. The van der Waals surface area contributed by atoms with Crippen molar-refractivity contribution in [2.45, 2.75) is 384 Å². The molecule has 0 aromatic carbocycles. The first kappa shape index (κ1) is 71.0. The minimum Gasteiger partial charge on any atom is -0.481 e. The number of amides is 1. The number of hydrogen-bond donors (Lipinski definition) is 5. The fourth-order valence-corrected chi connectivity index (χ4v) is 41.1. The molecule has 36 rings (SSSR count). The summed E-state index contributed by atoms with van der Waals surface area (Å²) >= 11 is 3.96. The first-order chi connectivity index (χ1) is 48.1. The third-order valence-electron chi connectivity index (χ3n) is 38.7. The van der Waals surface area contributed by atoms with Gasteiger partial charge in [0.25, 0.3) is 0 Å². The van der Waals surface area contributed by atoms with E-state index in [-0.39, 0.29) is 41.2 Å². The van der Waals surface area contributed by atoms with Crippen molar-refractivity contribution in [2.75, 3.05) is 0 Å². The summed E-state index contributed by atoms with van der Waals surface area (Å²) < 4.78 is 0.613. The smallest absolute Gasteiger partial charge is 0.309 e. The first-order valence-corrected chi connectivity index (χ1v) is 46.5. The van der Waals surface area contributed by atoms with E-state index in [2.05, 4.69) is 31.9 Å². The number of rotatable bonds is 7. The molecule has 36 aliphatic carbocycles. The van der Waals surface area contributed by atoms with Crippen molar-refractivity contribution in [1.29, 1.82) is 0 Å². The molecular formula is C92H143BrCl2N4O3. The van der Waals surface area contributed by atoms with E-state index in [1.54, 1.807) is 173 Å². The molecule has 102 heavy (non-hydrogen) atoms. The molecule has 1 amide bonds. The lowest BCUT2D eigenvalue weighted by atomic mass is 9.48. The van der Waals surface area contributed by atoms with Crippen LogP contribution < -0.4 is 21.7 Å². The van der Waals surface area contributed by atoms with Gasteiger partial charge in [-0.05, 0) is 507 Å². The normalized spacial score (nSPS) is 59.0. The molecule has 0 saturated heterocycles. The Kier molecular flexibility index (Phi) is 17.9. The van der Waals surface area contributed by atoms with E-state index in [9.17, 15) is 14.7 Å². The molecule has 570 valence electrons. The van der Waals surface area contributed by atoms with E-state index < -0.39 is 5.97 Å². The van der Waals surface area contributed by atoms with Crippen LogP contribution in [0.4, 0.5) is 0 Å². The van der Waals surface area contributed by atoms with Crippen molar-refractivity contribution in [2.24, 2.45) is 176 Å². The third-order valence-corrected chi connectivity index (χ3v) is 39.7. The lowest BCUT2D eigenvalue weighted by molar-refractivity contribution is -0.164. The Morgan fingerprint density at radius 2 is 0.402 bits per heavy atom. The molecule has 0 heterocycles. The highest BCUT2D eigenvalue weighted by Crippen LogP contribution is 2.67. The molecular weight excluding hydrogens is 1360 g/mol. The number of nitrogens with two attached hydrogens (primary N) is 1. The van der Waals surface area contributed by atoms with Gasteiger partial charge in [0.1, 0.15) is 0 Å². The summed E-state index contributed by atoms with van der Waals surface area (Å²) in [6.45, 7) is 0. The number of carbonyl (C=O) groups is 2. The van der Waals surface area contributed by atoms with Crippen molar-refractivity contribution in [1.82, 2.24) is 16.0 Å². The van der Waals surface area contributed by atoms with Gasteiger partial charge in [-0.3, -0.25) is 9.59 Å². The predicted octanol–water partition coefficient (Wildman–Crippen LogP) is 21.7. The van der Waals surface area contributed by atoms with E-state index in [0.29, 0.717) is 37.9 Å². The van der Waals surface area contributed by atoms with Crippen LogP contribution in [-0.4, -0.2) is 54.5 Å². The molecule has 36 aliphatic rings. The zero-order valence-corrected chi connectivity index (χ0v) is 67.0. The fourth-order valence-electron chi connectivity index (χ4n) is 39.8. The van der Waals surface area contributed by atoms with Crippen molar-refractivity contribution in [3.63, 3.8) is 0 Å². The Balaban J connectivity index is 0.0000000836. The largest absolute Gasteiger partial charge is 0.481 e. The number of hydrogen-bond acceptors (Lipinski definition) is 5. The molecule has 6 N–H and O–H groups in total. The van der Waals surface area contributed by atoms with E-state index >= 15 is 0 Å². The summed E-state index contributed by atoms with van der Waals surface area (Å²) in [5.74, 6) is 27.2. The topological polar surface area (TPSA) is 116 Å². The summed E-state index contributed by atoms with van der Waals surface area (Å²) in [7, 11) is 0. The van der Waals surface area contributed by atoms with Gasteiger partial charge in [0.2, 0.25) is 5.91 Å². The molecule has 36 saturated carbocycles. The highest BCUT2D eigenvalue weighted by atomic mass is 79.9. The summed E-state index contributed by atoms with van der Waals surface area (Å²) in [6, 6.07) is 0. The van der Waals surface area contributed by atoms with Crippen LogP contribution in [0.25, 0.3) is 0 Å². The molecule has 36 bridgehead atoms. The Labute approximate surface area is 639 Å². The van der Waals surface area contributed by atoms with Gasteiger partial charge in [-0.1, -0.05) is 15.9 Å². The minimum absolute atomic E-state index is 0. The number of nitrogens with one attached hydrogen (secondary N) is 3. The average Bonchev–Trinajstić information content (AvgIpc) is 0.735. The van der Waals surface area contributed by atoms with Gasteiger partial charge < -0.3 is 26.8 Å². The highest BCUT2D eigenvalue weighted by molar-refractivity contribution is 9.10. The lowest BCUT2D eigenvalue weighted by Crippen LogP contribution is -2.68. The van der Waals surface area contributed by atoms with Crippen molar-refractivity contribution < 1.29 is 14.7 Å². The summed E-state index contributed by atoms with van der Waals surface area (Å²) in [6.07, 6.45) is 78.4. The van der Waals surface area contributed by atoms with Crippen molar-refractivity contribution >= 4 is 52.6 Å². The van der Waals surface area contributed by atoms with Crippen LogP contribution in [0, 0.1) is 171 Å². The fraction of sp³-hybridized carbons (Fsp3) is 0.978. The molecule has 0 atom stereocenters. The van der Waals surface area contributed by atoms with E-state index in [1.165, 1.54) is 154 Å². The van der Waals surface area contributed by atoms with Crippen molar-refractivity contribution in [3.8, 4) is 0 Å². The Morgan fingerprint density at radius 1 is 0.245 bits per heavy atom. The standard InChI is InChI=1S/C21H31NO.2C20H31N.C11H16O2.C10H15Br.C10H17N.2ClH/c23-19(20-7-13-1-14(8-20)3-15(2-13)9-20)22-21-10-16-4-17(11-21)6-18(5-16)12-21;2*1-13-2-15-3-14(1)8-19(7-13,9-15)21-20-10-16-4-17(11-20)6-18(5-16)12-20;12-10(13)11-4-7-1-8(5-11)3-9(2-7)6-11;2*11-10-4-7-1-8(5-10)3-9(2-7)6-10;;/h13-18H,1-12H2,(H,22,23);2*13-18,21H,1-12H2;7-9H,1-6H2,(H,12,13);7-9H,1-6H2;7-9H,1-6,11H2;2*1H. The summed E-state index contributed by atoms with van der Waals surface area (Å²) in [5.41, 5.74) is 9.00. The first-order valence-electron chi connectivity index (χ1n) is 45.7. The number of carboxylic acid groups (broad SMARTS) is 1. The van der Waals surface area contributed by atoms with Crippen molar-refractivity contribution in [3.05, 3.63) is 0 Å². The molecule has 10 heteroatoms. The van der Waals surface area contributed by atoms with Crippen LogP contribution in [0.1, 0.15) is 347 Å². The zero-order chi connectivity index (χ0) is 66.5. The second kappa shape index (κ2) is 25.7. The number of carbonyl (C=O) groups excluding carboxylic acids is 1. The number of alkyl halides is 1. The van der Waals surface area contributed by atoms with Crippen LogP contribution >= 0.6 is 40.7 Å². The zero-order valence-electron chi connectivity index (χ0n) is 63.8. The molecule has 36 fully saturated rings. The molecule has 0 aromatic rings. The maximum Gasteiger partial charge on any atom is 0.309 e. The Hall–Kier alpha value is -0.120. The summed E-state index contributed by atoms with van der Waals surface area (Å²) in [4.78, 5) is 24.7. The minimum atomic E-state index is -0.508. The lowest BCUT2D eigenvalue weighted by Gasteiger charge is -2.64. The predicted molar refractivity (Wildman–Crippen MR) is 417 cm³/mol. The van der Waals surface area contributed by atoms with Gasteiger partial charge in [-0.25, -0.2) is 0 Å². The number of aliphatic carboxylic acids is 1. The quantitative estimate of drug-likeness (QED) is 0.162. The Morgan fingerprint density at radius 3 is 0.578 bits per heavy atom. The van der Waals surface area contributed by atoms with Crippen LogP contribution in [-0.2, 0) is 9.59 Å². The van der Waals surface area contributed by atoms with E-state index in [0.717, 1.165) is 179 Å². The molecule has 0 aliphatic heterocycles. The molecule has 0 spiro atoms. The van der Waals surface area contributed by atoms with Gasteiger partial charge in [-0.15, -0.1) is 24.8 Å². The SMILES string of the molecule is BrC12CC3CC(CC(C3)C1)C2.C1C2CC3CC1CC(NC14CC5CC(CC(C5)C1)C4)(C2)C3.C1C2CC3CC1CC(NC14CC5CC(CC(C5)C1)C4)(C2)C3.Cl.Cl.NC12CC3CC(CC(C3)C1)C2.O=C(NC12CC3CC(CC(C3)C1)C2)C12CC3CC(CC(C3)C1)C2.O=C(O)C12CC3CC(CC(C3)C1)C2. The third kappa shape index (κ3) is 13.2. The van der Waals surface area contributed by atoms with Gasteiger partial charge in [0.05, 0.1) is 5.41 Å². The van der Waals surface area contributed by atoms with Gasteiger partial charge in [0.15, 0.2) is 0 Å². The number of carboxylic acids is 1. The molecule has 0 unspecified atom stereocenters. The van der Waals surface area contributed by atoms with Gasteiger partial charge in [-0.2, -0.15) is 0 Å². The Bertz CT molecular complexity index is 2620. The highest BCUT2D eigenvalue weighted by Gasteiger charge is 2.63. The van der Waals surface area contributed by atoms with Crippen LogP contribution in [0.2, 0.25) is 0 Å². The van der Waals surface area contributed by atoms with Gasteiger partial charge >= 0.3 is 5.97 Å². The van der Waals surface area contributed by atoms with Crippen LogP contribution in [0.5, 0.6) is 0 Å². The van der Waals surface area contributed by atoms with Crippen LogP contribution in [0.15, 0.2) is 0 Å². The monoisotopic (exact) mass is 1500 g/mol. The average molecular weight is 1500 g/mol. The molecule has 7 nitrogen and oxygen atoms in total.